The number of nitrogens with two attached hydrogens (primary N) is 1. The molecule has 0 atom stereocenters. The highest BCUT2D eigenvalue weighted by Gasteiger charge is 1.93. The molecule has 1 aromatic carbocycles. The van der Waals surface area contributed by atoms with E-state index in [0.29, 0.717) is 4.99 Å². The zero-order valence-corrected chi connectivity index (χ0v) is 7.71. The first-order valence-electron chi connectivity index (χ1n) is 3.70. The summed E-state index contributed by atoms with van der Waals surface area (Å²) in [5.41, 5.74) is 7.22. The van der Waals surface area contributed by atoms with Crippen molar-refractivity contribution in [2.24, 2.45) is 5.73 Å². The van der Waals surface area contributed by atoms with Crippen LogP contribution in [-0.4, -0.2) is 4.99 Å². The van der Waals surface area contributed by atoms with Gasteiger partial charge in [0.2, 0.25) is 0 Å². The lowest BCUT2D eigenvalue weighted by Gasteiger charge is -1.97. The van der Waals surface area contributed by atoms with E-state index in [1.54, 1.807) is 6.08 Å². The van der Waals surface area contributed by atoms with E-state index in [0.717, 1.165) is 11.1 Å². The zero-order valence-electron chi connectivity index (χ0n) is 6.90. The first kappa shape index (κ1) is 9.43. The van der Waals surface area contributed by atoms with Gasteiger partial charge in [0.15, 0.2) is 0 Å². The third-order valence-electron chi connectivity index (χ3n) is 1.55. The van der Waals surface area contributed by atoms with Crippen LogP contribution < -0.4 is 5.73 Å². The molecule has 0 aliphatic carbocycles. The van der Waals surface area contributed by atoms with Gasteiger partial charge < -0.3 is 5.73 Å². The van der Waals surface area contributed by atoms with E-state index in [1.165, 1.54) is 6.08 Å². The van der Waals surface area contributed by atoms with Crippen molar-refractivity contribution in [3.05, 3.63) is 41.5 Å². The molecular formula is C10H8N2S. The molecule has 2 N–H and O–H groups in total. The summed E-state index contributed by atoms with van der Waals surface area (Å²) in [6.07, 6.45) is 3.15. The summed E-state index contributed by atoms with van der Waals surface area (Å²) in [5, 5.41) is 8.29. The van der Waals surface area contributed by atoms with Gasteiger partial charge in [-0.15, -0.1) is 0 Å². The minimum Gasteiger partial charge on any atom is -0.389 e. The molecule has 1 aromatic rings. The van der Waals surface area contributed by atoms with Crippen molar-refractivity contribution in [2.75, 3.05) is 0 Å². The summed E-state index contributed by atoms with van der Waals surface area (Å²) < 4.78 is 0. The fourth-order valence-corrected chi connectivity index (χ4v) is 1.03. The summed E-state index contributed by atoms with van der Waals surface area (Å²) >= 11 is 4.80. The molecule has 0 saturated carbocycles. The summed E-state index contributed by atoms with van der Waals surface area (Å²) in [6.45, 7) is 0. The number of nitriles is 1. The van der Waals surface area contributed by atoms with Gasteiger partial charge in [0, 0.05) is 11.6 Å². The molecule has 64 valence electrons. The standard InChI is InChI=1S/C10H8N2S/c11-7-1-2-8-3-5-9(6-4-8)10(12)13/h1-6H,(H2,12,13). The molecule has 0 radical (unpaired) electrons. The Morgan fingerprint density at radius 3 is 2.46 bits per heavy atom. The van der Waals surface area contributed by atoms with Crippen LogP contribution in [0.25, 0.3) is 6.08 Å². The van der Waals surface area contributed by atoms with Gasteiger partial charge in [-0.3, -0.25) is 0 Å². The smallest absolute Gasteiger partial charge is 0.103 e. The first-order valence-corrected chi connectivity index (χ1v) is 4.11. The van der Waals surface area contributed by atoms with Crippen LogP contribution in [0.4, 0.5) is 0 Å². The van der Waals surface area contributed by atoms with E-state index in [9.17, 15) is 0 Å². The van der Waals surface area contributed by atoms with E-state index in [1.807, 2.05) is 30.3 Å². The molecule has 0 saturated heterocycles. The van der Waals surface area contributed by atoms with Gasteiger partial charge in [-0.25, -0.2) is 0 Å². The minimum atomic E-state index is 0.385. The van der Waals surface area contributed by atoms with E-state index < -0.39 is 0 Å². The second-order valence-corrected chi connectivity index (χ2v) is 2.89. The minimum absolute atomic E-state index is 0.385. The molecule has 0 fully saturated rings. The highest BCUT2D eigenvalue weighted by molar-refractivity contribution is 7.80. The maximum Gasteiger partial charge on any atom is 0.103 e. The molecule has 0 aromatic heterocycles. The number of hydrogen-bond donors (Lipinski definition) is 1. The molecule has 0 unspecified atom stereocenters. The lowest BCUT2D eigenvalue weighted by Crippen LogP contribution is -2.08. The topological polar surface area (TPSA) is 49.8 Å². The van der Waals surface area contributed by atoms with E-state index in [-0.39, 0.29) is 0 Å². The predicted octanol–water partition coefficient (Wildman–Crippen LogP) is 1.86. The van der Waals surface area contributed by atoms with Gasteiger partial charge in [-0.1, -0.05) is 36.5 Å². The van der Waals surface area contributed by atoms with Crippen LogP contribution in [0.15, 0.2) is 30.3 Å². The van der Waals surface area contributed by atoms with E-state index >= 15 is 0 Å². The van der Waals surface area contributed by atoms with Crippen molar-refractivity contribution >= 4 is 23.3 Å². The molecule has 1 rings (SSSR count). The molecule has 0 bridgehead atoms. The van der Waals surface area contributed by atoms with Crippen molar-refractivity contribution in [1.82, 2.24) is 0 Å². The van der Waals surface area contributed by atoms with Gasteiger partial charge in [0.1, 0.15) is 4.99 Å². The SMILES string of the molecule is N#CC=Cc1ccc(C(N)=S)cc1. The van der Waals surface area contributed by atoms with E-state index in [4.69, 9.17) is 23.2 Å². The third-order valence-corrected chi connectivity index (χ3v) is 1.78. The number of hydrogen-bond acceptors (Lipinski definition) is 2. The Morgan fingerprint density at radius 2 is 2.00 bits per heavy atom. The lowest BCUT2D eigenvalue weighted by molar-refractivity contribution is 1.53. The normalized spacial score (nSPS) is 9.77. The Labute approximate surface area is 82.3 Å². The Balaban J connectivity index is 2.89. The fourth-order valence-electron chi connectivity index (χ4n) is 0.892. The summed E-state index contributed by atoms with van der Waals surface area (Å²) in [7, 11) is 0. The monoisotopic (exact) mass is 188 g/mol. The van der Waals surface area contributed by atoms with Gasteiger partial charge >= 0.3 is 0 Å². The largest absolute Gasteiger partial charge is 0.389 e. The number of nitrogens with zero attached hydrogens (tertiary/aromatic N) is 1. The van der Waals surface area contributed by atoms with Crippen LogP contribution in [0.1, 0.15) is 11.1 Å². The Kier molecular flexibility index (Phi) is 3.18. The van der Waals surface area contributed by atoms with Crippen LogP contribution >= 0.6 is 12.2 Å². The maximum atomic E-state index is 8.29. The maximum absolute atomic E-state index is 8.29. The molecule has 3 heteroatoms. The number of benzene rings is 1. The van der Waals surface area contributed by atoms with Crippen molar-refractivity contribution in [3.8, 4) is 6.07 Å². The predicted molar refractivity (Wildman–Crippen MR) is 57.0 cm³/mol. The molecule has 0 aliphatic heterocycles. The number of thiocarbonyl (C=S) groups is 1. The van der Waals surface area contributed by atoms with Gasteiger partial charge in [0.05, 0.1) is 6.07 Å². The average molecular weight is 188 g/mol. The van der Waals surface area contributed by atoms with E-state index in [2.05, 4.69) is 0 Å². The quantitative estimate of drug-likeness (QED) is 0.569. The highest BCUT2D eigenvalue weighted by Crippen LogP contribution is 2.05. The molecule has 0 aliphatic rings. The van der Waals surface area contributed by atoms with Crippen molar-refractivity contribution in [2.45, 2.75) is 0 Å². The fraction of sp³-hybridized carbons (Fsp3) is 0. The van der Waals surface area contributed by atoms with Gasteiger partial charge in [-0.2, -0.15) is 5.26 Å². The number of allylic oxidation sites excluding steroid dienone is 1. The molecular weight excluding hydrogens is 180 g/mol. The molecule has 2 nitrogen and oxygen atoms in total. The molecule has 0 amide bonds. The summed E-state index contributed by atoms with van der Waals surface area (Å²) in [5.74, 6) is 0. The van der Waals surface area contributed by atoms with Crippen molar-refractivity contribution < 1.29 is 0 Å². The summed E-state index contributed by atoms with van der Waals surface area (Å²) in [6, 6.07) is 9.31. The zero-order chi connectivity index (χ0) is 9.68. The molecule has 13 heavy (non-hydrogen) atoms. The Morgan fingerprint density at radius 1 is 1.38 bits per heavy atom. The van der Waals surface area contributed by atoms with Crippen LogP contribution in [0.5, 0.6) is 0 Å². The van der Waals surface area contributed by atoms with Crippen LogP contribution in [0.2, 0.25) is 0 Å². The first-order chi connectivity index (χ1) is 6.24. The Bertz CT molecular complexity index is 371. The highest BCUT2D eigenvalue weighted by atomic mass is 32.1. The Hall–Kier alpha value is -1.66. The molecule has 0 heterocycles. The van der Waals surface area contributed by atoms with Crippen LogP contribution in [-0.2, 0) is 0 Å². The van der Waals surface area contributed by atoms with Crippen LogP contribution in [0.3, 0.4) is 0 Å². The van der Waals surface area contributed by atoms with Gasteiger partial charge in [0.25, 0.3) is 0 Å². The second kappa shape index (κ2) is 4.39. The summed E-state index contributed by atoms with van der Waals surface area (Å²) in [4.78, 5) is 0.385. The lowest BCUT2D eigenvalue weighted by atomic mass is 10.1. The van der Waals surface area contributed by atoms with Crippen LogP contribution in [0, 0.1) is 11.3 Å². The third kappa shape index (κ3) is 2.69. The second-order valence-electron chi connectivity index (χ2n) is 2.45. The molecule has 0 spiro atoms. The van der Waals surface area contributed by atoms with Gasteiger partial charge in [-0.05, 0) is 11.6 Å². The van der Waals surface area contributed by atoms with Crippen molar-refractivity contribution in [3.63, 3.8) is 0 Å². The van der Waals surface area contributed by atoms with Crippen molar-refractivity contribution in [1.29, 1.82) is 5.26 Å². The number of rotatable bonds is 2. The average Bonchev–Trinajstić information content (AvgIpc) is 2.15.